The number of carbonyl (C=O) groups excluding carboxylic acids is 1. The molecule has 1 aliphatic heterocycles. The second-order valence-corrected chi connectivity index (χ2v) is 9.96. The molecule has 0 aromatic carbocycles. The standard InChI is InChI=1S/C20H23N5O2S2/c1-19(2,3)27-18(26)20(8-13-11-28-12-24-13)9-14(15-10-21-4-5-22-15)16(25-20)17-23-6-7-29-17/h4-7,10-12,14,16,25H,8-9H2,1-3H3/p+1/t14-,16-,20+/m1/s1. The zero-order valence-corrected chi connectivity index (χ0v) is 18.2. The molecular formula is C20H24N5O2S2+. The molecule has 1 fully saturated rings. The Morgan fingerprint density at radius 3 is 2.76 bits per heavy atom. The van der Waals surface area contributed by atoms with E-state index in [1.54, 1.807) is 41.6 Å². The molecule has 0 saturated carbocycles. The topological polar surface area (TPSA) is 94.5 Å². The molecule has 0 spiro atoms. The van der Waals surface area contributed by atoms with Gasteiger partial charge in [0.25, 0.3) is 0 Å². The van der Waals surface area contributed by atoms with Crippen LogP contribution >= 0.6 is 22.7 Å². The van der Waals surface area contributed by atoms with Crippen molar-refractivity contribution in [2.24, 2.45) is 0 Å². The molecule has 0 amide bonds. The van der Waals surface area contributed by atoms with Crippen molar-refractivity contribution in [3.05, 3.63) is 57.5 Å². The Kier molecular flexibility index (Phi) is 5.46. The number of aromatic nitrogens is 4. The fourth-order valence-electron chi connectivity index (χ4n) is 3.86. The summed E-state index contributed by atoms with van der Waals surface area (Å²) in [5.74, 6) is -0.216. The lowest BCUT2D eigenvalue weighted by Crippen LogP contribution is -2.97. The van der Waals surface area contributed by atoms with Gasteiger partial charge < -0.3 is 10.1 Å². The third-order valence-corrected chi connectivity index (χ3v) is 6.51. The van der Waals surface area contributed by atoms with Crippen LogP contribution in [-0.4, -0.2) is 37.0 Å². The van der Waals surface area contributed by atoms with Crippen LogP contribution in [0.25, 0.3) is 0 Å². The first-order valence-electron chi connectivity index (χ1n) is 9.48. The molecule has 3 aromatic heterocycles. The van der Waals surface area contributed by atoms with Crippen LogP contribution in [0.1, 0.15) is 55.5 Å². The summed E-state index contributed by atoms with van der Waals surface area (Å²) in [4.78, 5) is 31.3. The first-order chi connectivity index (χ1) is 13.9. The van der Waals surface area contributed by atoms with Gasteiger partial charge in [-0.15, -0.1) is 22.7 Å². The molecule has 0 radical (unpaired) electrons. The Balaban J connectivity index is 1.75. The summed E-state index contributed by atoms with van der Waals surface area (Å²) in [6.07, 6.45) is 8.04. The molecule has 1 aliphatic rings. The molecule has 1 saturated heterocycles. The zero-order chi connectivity index (χ0) is 20.5. The van der Waals surface area contributed by atoms with E-state index >= 15 is 0 Å². The maximum absolute atomic E-state index is 13.5. The molecule has 0 unspecified atom stereocenters. The van der Waals surface area contributed by atoms with Crippen molar-refractivity contribution in [2.75, 3.05) is 0 Å². The Labute approximate surface area is 177 Å². The van der Waals surface area contributed by atoms with Crippen LogP contribution < -0.4 is 5.32 Å². The van der Waals surface area contributed by atoms with E-state index in [0.717, 1.165) is 16.4 Å². The van der Waals surface area contributed by atoms with Crippen molar-refractivity contribution >= 4 is 28.6 Å². The van der Waals surface area contributed by atoms with Gasteiger partial charge in [0.15, 0.2) is 5.01 Å². The van der Waals surface area contributed by atoms with Gasteiger partial charge in [-0.3, -0.25) is 9.97 Å². The number of rotatable bonds is 5. The molecule has 0 aliphatic carbocycles. The SMILES string of the molecule is CC(C)(C)OC(=O)[C@]1(Cc2cscn2)C[C@H](c2cnccn2)[C@H](c2nccs2)[NH2+]1. The summed E-state index contributed by atoms with van der Waals surface area (Å²) in [5, 5.41) is 7.06. The lowest BCUT2D eigenvalue weighted by Gasteiger charge is -2.29. The number of hydrogen-bond donors (Lipinski definition) is 1. The van der Waals surface area contributed by atoms with E-state index < -0.39 is 11.1 Å². The van der Waals surface area contributed by atoms with Gasteiger partial charge >= 0.3 is 5.97 Å². The number of nitrogens with two attached hydrogens (primary N) is 1. The minimum atomic E-state index is -0.792. The van der Waals surface area contributed by atoms with Gasteiger partial charge in [0.1, 0.15) is 11.6 Å². The maximum Gasteiger partial charge on any atom is 0.369 e. The maximum atomic E-state index is 13.5. The second kappa shape index (κ2) is 7.89. The lowest BCUT2D eigenvalue weighted by atomic mass is 9.86. The molecule has 152 valence electrons. The highest BCUT2D eigenvalue weighted by Gasteiger charge is 2.58. The first kappa shape index (κ1) is 20.1. The predicted molar refractivity (Wildman–Crippen MR) is 111 cm³/mol. The van der Waals surface area contributed by atoms with Crippen molar-refractivity contribution in [3.8, 4) is 0 Å². The van der Waals surface area contributed by atoms with E-state index in [1.807, 2.05) is 31.5 Å². The molecular weight excluding hydrogens is 406 g/mol. The van der Waals surface area contributed by atoms with Crippen molar-refractivity contribution in [1.82, 2.24) is 19.9 Å². The summed E-state index contributed by atoms with van der Waals surface area (Å²) in [6.45, 7) is 5.69. The summed E-state index contributed by atoms with van der Waals surface area (Å²) in [5.41, 5.74) is 2.20. The number of ether oxygens (including phenoxy) is 1. The van der Waals surface area contributed by atoms with Crippen LogP contribution in [0.15, 0.2) is 41.1 Å². The molecule has 4 rings (SSSR count). The highest BCUT2D eigenvalue weighted by atomic mass is 32.1. The number of carbonyl (C=O) groups is 1. The number of hydrogen-bond acceptors (Lipinski definition) is 8. The highest BCUT2D eigenvalue weighted by Crippen LogP contribution is 2.41. The molecule has 29 heavy (non-hydrogen) atoms. The van der Waals surface area contributed by atoms with Crippen LogP contribution in [0, 0.1) is 0 Å². The minimum absolute atomic E-state index is 0.000930. The molecule has 3 atom stereocenters. The van der Waals surface area contributed by atoms with E-state index in [4.69, 9.17) is 4.74 Å². The van der Waals surface area contributed by atoms with Crippen molar-refractivity contribution in [3.63, 3.8) is 0 Å². The second-order valence-electron chi connectivity index (χ2n) is 8.32. The van der Waals surface area contributed by atoms with E-state index in [0.29, 0.717) is 12.8 Å². The highest BCUT2D eigenvalue weighted by molar-refractivity contribution is 7.09. The summed E-state index contributed by atoms with van der Waals surface area (Å²) in [6, 6.07) is -0.0298. The third kappa shape index (κ3) is 4.36. The largest absolute Gasteiger partial charge is 0.455 e. The van der Waals surface area contributed by atoms with E-state index in [2.05, 4.69) is 25.3 Å². The minimum Gasteiger partial charge on any atom is -0.455 e. The van der Waals surface area contributed by atoms with E-state index in [-0.39, 0.29) is 17.9 Å². The Morgan fingerprint density at radius 2 is 2.14 bits per heavy atom. The van der Waals surface area contributed by atoms with Crippen molar-refractivity contribution < 1.29 is 14.8 Å². The van der Waals surface area contributed by atoms with E-state index in [9.17, 15) is 4.79 Å². The van der Waals surface area contributed by atoms with Gasteiger partial charge in [-0.25, -0.2) is 14.8 Å². The van der Waals surface area contributed by atoms with Crippen LogP contribution in [-0.2, 0) is 16.0 Å². The van der Waals surface area contributed by atoms with Crippen LogP contribution in [0.3, 0.4) is 0 Å². The monoisotopic (exact) mass is 430 g/mol. The number of esters is 1. The first-order valence-corrected chi connectivity index (χ1v) is 11.3. The fraction of sp³-hybridized carbons (Fsp3) is 0.450. The average molecular weight is 431 g/mol. The quantitative estimate of drug-likeness (QED) is 0.625. The van der Waals surface area contributed by atoms with Crippen molar-refractivity contribution in [2.45, 2.75) is 56.7 Å². The van der Waals surface area contributed by atoms with Gasteiger partial charge in [0.2, 0.25) is 5.54 Å². The summed E-state index contributed by atoms with van der Waals surface area (Å²) >= 11 is 3.13. The van der Waals surface area contributed by atoms with Gasteiger partial charge in [-0.1, -0.05) is 0 Å². The summed E-state index contributed by atoms with van der Waals surface area (Å²) in [7, 11) is 0. The number of quaternary nitrogens is 1. The van der Waals surface area contributed by atoms with Gasteiger partial charge in [0.05, 0.1) is 29.2 Å². The Hall–Kier alpha value is -2.23. The van der Waals surface area contributed by atoms with Gasteiger partial charge in [0, 0.05) is 42.0 Å². The molecule has 9 heteroatoms. The smallest absolute Gasteiger partial charge is 0.369 e. The summed E-state index contributed by atoms with van der Waals surface area (Å²) < 4.78 is 5.88. The third-order valence-electron chi connectivity index (χ3n) is 5.00. The molecule has 4 heterocycles. The van der Waals surface area contributed by atoms with Gasteiger partial charge in [-0.2, -0.15) is 0 Å². The van der Waals surface area contributed by atoms with Crippen molar-refractivity contribution in [1.29, 1.82) is 0 Å². The van der Waals surface area contributed by atoms with E-state index in [1.165, 1.54) is 11.3 Å². The number of thiazole rings is 2. The molecule has 0 bridgehead atoms. The van der Waals surface area contributed by atoms with Gasteiger partial charge in [-0.05, 0) is 20.8 Å². The molecule has 7 nitrogen and oxygen atoms in total. The van der Waals surface area contributed by atoms with Crippen LogP contribution in [0.2, 0.25) is 0 Å². The Morgan fingerprint density at radius 1 is 1.28 bits per heavy atom. The zero-order valence-electron chi connectivity index (χ0n) is 16.6. The molecule has 2 N–H and O–H groups in total. The average Bonchev–Trinajstić information content (AvgIpc) is 3.42. The molecule has 3 aromatic rings. The fourth-order valence-corrected chi connectivity index (χ4v) is 5.19. The normalized spacial score (nSPS) is 24.5. The lowest BCUT2D eigenvalue weighted by molar-refractivity contribution is -0.731. The predicted octanol–water partition coefficient (Wildman–Crippen LogP) is 2.50. The number of nitrogens with zero attached hydrogens (tertiary/aromatic N) is 4. The van der Waals surface area contributed by atoms with Crippen LogP contribution in [0.5, 0.6) is 0 Å². The van der Waals surface area contributed by atoms with Crippen LogP contribution in [0.4, 0.5) is 0 Å². The Bertz CT molecular complexity index is 941.